The average Bonchev–Trinajstić information content (AvgIpc) is 3.39. The average molecular weight is 522 g/mol. The summed E-state index contributed by atoms with van der Waals surface area (Å²) in [7, 11) is 1.33. The monoisotopic (exact) mass is 521 g/mol. The second-order valence-corrected chi connectivity index (χ2v) is 9.02. The molecule has 0 spiro atoms. The van der Waals surface area contributed by atoms with E-state index in [4.69, 9.17) is 10.1 Å². The Balaban J connectivity index is 1.31. The van der Waals surface area contributed by atoms with Crippen molar-refractivity contribution < 1.29 is 9.53 Å². The first-order chi connectivity index (χ1) is 18.6. The molecule has 0 aliphatic carbocycles. The summed E-state index contributed by atoms with van der Waals surface area (Å²) in [6, 6.07) is 30.3. The lowest BCUT2D eigenvalue weighted by atomic mass is 10.1. The normalized spacial score (nSPS) is 10.4. The van der Waals surface area contributed by atoms with Crippen LogP contribution in [0.2, 0.25) is 0 Å². The number of rotatable bonds is 7. The fourth-order valence-corrected chi connectivity index (χ4v) is 4.64. The summed E-state index contributed by atoms with van der Waals surface area (Å²) in [4.78, 5) is 17.6. The van der Waals surface area contributed by atoms with Crippen LogP contribution in [0.25, 0.3) is 21.7 Å². The Morgan fingerprint density at radius 2 is 1.45 bits per heavy atom. The van der Waals surface area contributed by atoms with E-state index in [1.165, 1.54) is 18.4 Å². The molecule has 10 heteroatoms. The zero-order chi connectivity index (χ0) is 26.3. The summed E-state index contributed by atoms with van der Waals surface area (Å²) in [6.07, 6.45) is 0. The maximum atomic E-state index is 12.4. The number of aromatic nitrogens is 3. The minimum atomic E-state index is -0.509. The Morgan fingerprint density at radius 1 is 0.789 bits per heavy atom. The number of ether oxygens (including phenoxy) is 1. The maximum Gasteiger partial charge on any atom is 0.358 e. The van der Waals surface area contributed by atoms with E-state index in [9.17, 15) is 4.79 Å². The van der Waals surface area contributed by atoms with E-state index >= 15 is 0 Å². The second-order valence-electron chi connectivity index (χ2n) is 8.02. The molecule has 3 aromatic carbocycles. The minimum Gasteiger partial charge on any atom is -0.464 e. The van der Waals surface area contributed by atoms with Crippen molar-refractivity contribution in [3.63, 3.8) is 0 Å². The zero-order valence-electron chi connectivity index (χ0n) is 20.3. The van der Waals surface area contributed by atoms with Gasteiger partial charge >= 0.3 is 5.97 Å². The van der Waals surface area contributed by atoms with Crippen molar-refractivity contribution in [2.75, 3.05) is 23.1 Å². The first-order valence-corrected chi connectivity index (χ1v) is 12.4. The maximum absolute atomic E-state index is 12.4. The molecule has 38 heavy (non-hydrogen) atoms. The number of benzene rings is 3. The van der Waals surface area contributed by atoms with Gasteiger partial charge in [-0.1, -0.05) is 84.1 Å². The number of methoxy groups -OCH3 is 1. The molecule has 0 atom stereocenters. The molecule has 5 rings (SSSR count). The largest absolute Gasteiger partial charge is 0.464 e. The Kier molecular flexibility index (Phi) is 7.32. The summed E-state index contributed by atoms with van der Waals surface area (Å²) in [5.74, 6) is -0.0620. The number of nitrogens with one attached hydrogen (secondary N) is 4. The molecule has 2 heterocycles. The number of hydrogen-bond donors (Lipinski definition) is 4. The number of carbonyl (C=O) groups is 1. The standard InChI is InChI=1S/C28H23N7O2S/c1-37-26(36)24-25(19-12-6-3-7-13-19)38-28(33-24)31-22-15-9-8-14-21(22)30-27(29)32-23-17-16-20(34-35-23)18-10-4-2-5-11-18/h2-17H,1H3,(H,31,33)(H3,29,30,32,35). The molecule has 0 saturated heterocycles. The third-order valence-corrected chi connectivity index (χ3v) is 6.48. The minimum absolute atomic E-state index is 0.0142. The second kappa shape index (κ2) is 11.3. The molecule has 0 saturated carbocycles. The summed E-state index contributed by atoms with van der Waals surface area (Å²) < 4.78 is 4.95. The molecule has 0 fully saturated rings. The SMILES string of the molecule is COC(=O)c1nc(Nc2ccccc2NC(=N)Nc2ccc(-c3ccccc3)nn2)sc1-c1ccccc1. The Bertz CT molecular complexity index is 1560. The third kappa shape index (κ3) is 5.66. The summed E-state index contributed by atoms with van der Waals surface area (Å²) in [5, 5.41) is 26.6. The topological polar surface area (TPSA) is 125 Å². The van der Waals surface area contributed by atoms with Gasteiger partial charge in [0.15, 0.2) is 22.6 Å². The lowest BCUT2D eigenvalue weighted by Gasteiger charge is -2.14. The number of carbonyl (C=O) groups excluding carboxylic acids is 1. The lowest BCUT2D eigenvalue weighted by molar-refractivity contribution is 0.0596. The van der Waals surface area contributed by atoms with Crippen LogP contribution in [-0.4, -0.2) is 34.2 Å². The van der Waals surface area contributed by atoms with Crippen molar-refractivity contribution >= 4 is 45.6 Å². The molecule has 4 N–H and O–H groups in total. The fourth-order valence-electron chi connectivity index (χ4n) is 3.67. The third-order valence-electron chi connectivity index (χ3n) is 5.46. The molecular weight excluding hydrogens is 498 g/mol. The van der Waals surface area contributed by atoms with Crippen LogP contribution >= 0.6 is 11.3 Å². The summed E-state index contributed by atoms with van der Waals surface area (Å²) in [5.41, 5.74) is 4.13. The van der Waals surface area contributed by atoms with Crippen molar-refractivity contribution in [2.24, 2.45) is 0 Å². The molecule has 0 bridgehead atoms. The van der Waals surface area contributed by atoms with Gasteiger partial charge in [-0.05, 0) is 29.8 Å². The van der Waals surface area contributed by atoms with Crippen LogP contribution < -0.4 is 16.0 Å². The highest BCUT2D eigenvalue weighted by Crippen LogP contribution is 2.36. The van der Waals surface area contributed by atoms with E-state index in [1.807, 2.05) is 91.0 Å². The van der Waals surface area contributed by atoms with E-state index in [2.05, 4.69) is 31.1 Å². The number of guanidine groups is 1. The number of esters is 1. The van der Waals surface area contributed by atoms with Crippen LogP contribution in [0.1, 0.15) is 10.5 Å². The van der Waals surface area contributed by atoms with Crippen LogP contribution in [0.5, 0.6) is 0 Å². The Morgan fingerprint density at radius 3 is 2.11 bits per heavy atom. The Hall–Kier alpha value is -5.09. The van der Waals surface area contributed by atoms with Crippen LogP contribution in [0.3, 0.4) is 0 Å². The highest BCUT2D eigenvalue weighted by molar-refractivity contribution is 7.19. The quantitative estimate of drug-likeness (QED) is 0.112. The molecular formula is C28H23N7O2S. The van der Waals surface area contributed by atoms with E-state index < -0.39 is 5.97 Å². The van der Waals surface area contributed by atoms with Gasteiger partial charge in [-0.15, -0.1) is 10.2 Å². The van der Waals surface area contributed by atoms with E-state index in [0.717, 1.165) is 16.8 Å². The van der Waals surface area contributed by atoms with Gasteiger partial charge < -0.3 is 20.7 Å². The predicted octanol–water partition coefficient (Wildman–Crippen LogP) is 6.26. The Labute approximate surface area is 223 Å². The molecule has 0 unspecified atom stereocenters. The number of thiazole rings is 1. The van der Waals surface area contributed by atoms with Crippen LogP contribution in [0, 0.1) is 5.41 Å². The molecule has 5 aromatic rings. The smallest absolute Gasteiger partial charge is 0.358 e. The molecule has 0 aliphatic rings. The fraction of sp³-hybridized carbons (Fsp3) is 0.0357. The van der Waals surface area contributed by atoms with Crippen LogP contribution in [0.4, 0.5) is 22.3 Å². The van der Waals surface area contributed by atoms with Gasteiger partial charge in [-0.3, -0.25) is 5.41 Å². The first kappa shape index (κ1) is 24.6. The van der Waals surface area contributed by atoms with Gasteiger partial charge in [-0.2, -0.15) is 0 Å². The van der Waals surface area contributed by atoms with Crippen molar-refractivity contribution in [1.82, 2.24) is 15.2 Å². The van der Waals surface area contributed by atoms with Crippen molar-refractivity contribution in [3.8, 4) is 21.7 Å². The van der Waals surface area contributed by atoms with Gasteiger partial charge in [0.05, 0.1) is 29.1 Å². The van der Waals surface area contributed by atoms with Crippen LogP contribution in [-0.2, 0) is 4.74 Å². The highest BCUT2D eigenvalue weighted by atomic mass is 32.1. The first-order valence-electron chi connectivity index (χ1n) is 11.6. The van der Waals surface area contributed by atoms with Gasteiger partial charge in [0, 0.05) is 5.56 Å². The summed E-state index contributed by atoms with van der Waals surface area (Å²) >= 11 is 1.34. The van der Waals surface area contributed by atoms with E-state index in [0.29, 0.717) is 27.2 Å². The van der Waals surface area contributed by atoms with Gasteiger partial charge in [0.25, 0.3) is 0 Å². The molecule has 0 aliphatic heterocycles. The number of hydrogen-bond acceptors (Lipinski definition) is 8. The van der Waals surface area contributed by atoms with Crippen molar-refractivity contribution in [3.05, 3.63) is 103 Å². The van der Waals surface area contributed by atoms with Crippen molar-refractivity contribution in [2.45, 2.75) is 0 Å². The highest BCUT2D eigenvalue weighted by Gasteiger charge is 2.20. The van der Waals surface area contributed by atoms with Gasteiger partial charge in [0.2, 0.25) is 0 Å². The van der Waals surface area contributed by atoms with Crippen molar-refractivity contribution in [1.29, 1.82) is 5.41 Å². The number of anilines is 4. The lowest BCUT2D eigenvalue weighted by Crippen LogP contribution is -2.21. The molecule has 0 amide bonds. The van der Waals surface area contributed by atoms with E-state index in [-0.39, 0.29) is 11.7 Å². The molecule has 188 valence electrons. The van der Waals surface area contributed by atoms with Gasteiger partial charge in [-0.25, -0.2) is 9.78 Å². The molecule has 9 nitrogen and oxygen atoms in total. The summed E-state index contributed by atoms with van der Waals surface area (Å²) in [6.45, 7) is 0. The molecule has 2 aromatic heterocycles. The van der Waals surface area contributed by atoms with Crippen LogP contribution in [0.15, 0.2) is 97.1 Å². The van der Waals surface area contributed by atoms with Gasteiger partial charge in [0.1, 0.15) is 0 Å². The number of nitrogens with zero attached hydrogens (tertiary/aromatic N) is 3. The van der Waals surface area contributed by atoms with E-state index in [1.54, 1.807) is 6.07 Å². The zero-order valence-corrected chi connectivity index (χ0v) is 21.1. The predicted molar refractivity (Wildman–Crippen MR) is 151 cm³/mol. The molecule has 0 radical (unpaired) electrons. The number of para-hydroxylation sites is 2.